The van der Waals surface area contributed by atoms with Crippen molar-refractivity contribution in [3.05, 3.63) is 29.1 Å². The van der Waals surface area contributed by atoms with Crippen LogP contribution in [-0.2, 0) is 6.42 Å². The minimum absolute atomic E-state index is 0.659. The Labute approximate surface area is 86.6 Å². The number of hydrogen-bond acceptors (Lipinski definition) is 1. The van der Waals surface area contributed by atoms with Crippen LogP contribution in [0, 0.1) is 0 Å². The van der Waals surface area contributed by atoms with E-state index >= 15 is 0 Å². The summed E-state index contributed by atoms with van der Waals surface area (Å²) in [4.78, 5) is 4.62. The molecule has 0 aliphatic heterocycles. The van der Waals surface area contributed by atoms with Gasteiger partial charge in [-0.2, -0.15) is 0 Å². The first-order chi connectivity index (χ1) is 6.72. The van der Waals surface area contributed by atoms with Gasteiger partial charge in [0.1, 0.15) is 0 Å². The Kier molecular flexibility index (Phi) is 2.58. The van der Waals surface area contributed by atoms with E-state index in [1.54, 1.807) is 0 Å². The third kappa shape index (κ3) is 1.56. The number of nitrogens with zero attached hydrogens (tertiary/aromatic N) is 1. The lowest BCUT2D eigenvalue weighted by molar-refractivity contribution is 0.514. The van der Waals surface area contributed by atoms with Crippen LogP contribution in [0.2, 0.25) is 0 Å². The Morgan fingerprint density at radius 2 is 2.00 bits per heavy atom. The van der Waals surface area contributed by atoms with E-state index in [0.29, 0.717) is 11.8 Å². The minimum Gasteiger partial charge on any atom is -0.260 e. The van der Waals surface area contributed by atoms with E-state index in [4.69, 9.17) is 0 Å². The molecule has 0 spiro atoms. The number of hydrogen-bond donors (Lipinski definition) is 0. The molecule has 2 atom stereocenters. The fourth-order valence-electron chi connectivity index (χ4n) is 2.33. The molecule has 76 valence electrons. The maximum atomic E-state index is 4.62. The van der Waals surface area contributed by atoms with Crippen LogP contribution >= 0.6 is 0 Å². The quantitative estimate of drug-likeness (QED) is 0.657. The topological polar surface area (TPSA) is 12.9 Å². The van der Waals surface area contributed by atoms with Crippen molar-refractivity contribution in [1.82, 2.24) is 4.98 Å². The van der Waals surface area contributed by atoms with Gasteiger partial charge in [0.2, 0.25) is 0 Å². The molecule has 0 fully saturated rings. The lowest BCUT2D eigenvalue weighted by Crippen LogP contribution is -2.13. The van der Waals surface area contributed by atoms with Crippen LogP contribution in [0.5, 0.6) is 0 Å². The van der Waals surface area contributed by atoms with Crippen LogP contribution in [0.25, 0.3) is 0 Å². The number of fused-ring (bicyclic) bond motifs is 1. The third-order valence-corrected chi connectivity index (χ3v) is 3.44. The van der Waals surface area contributed by atoms with Gasteiger partial charge in [0.15, 0.2) is 0 Å². The van der Waals surface area contributed by atoms with Crippen molar-refractivity contribution in [1.29, 1.82) is 0 Å². The maximum Gasteiger partial charge on any atom is 0.0466 e. The summed E-state index contributed by atoms with van der Waals surface area (Å²) in [7, 11) is 0. The highest BCUT2D eigenvalue weighted by atomic mass is 14.7. The highest BCUT2D eigenvalue weighted by Crippen LogP contribution is 2.37. The summed E-state index contributed by atoms with van der Waals surface area (Å²) in [6.45, 7) is 6.81. The van der Waals surface area contributed by atoms with Crippen molar-refractivity contribution < 1.29 is 0 Å². The van der Waals surface area contributed by atoms with Crippen molar-refractivity contribution in [2.75, 3.05) is 0 Å². The van der Waals surface area contributed by atoms with Crippen molar-refractivity contribution in [3.63, 3.8) is 0 Å². The van der Waals surface area contributed by atoms with Crippen LogP contribution in [0.4, 0.5) is 0 Å². The van der Waals surface area contributed by atoms with Gasteiger partial charge >= 0.3 is 0 Å². The van der Waals surface area contributed by atoms with E-state index in [9.17, 15) is 0 Å². The normalized spacial score (nSPS) is 25.9. The second kappa shape index (κ2) is 3.72. The second-order valence-electron chi connectivity index (χ2n) is 4.55. The summed E-state index contributed by atoms with van der Waals surface area (Å²) in [5, 5.41) is 0. The standard InChI is InChI=1S/C13H19N/c1-4-11-7-12-9(2)5-6-10(3)13(12)14-8-11/h7-10H,4-6H2,1-3H3. The zero-order valence-electron chi connectivity index (χ0n) is 9.38. The average Bonchev–Trinajstić information content (AvgIpc) is 2.23. The Bertz CT molecular complexity index is 330. The summed E-state index contributed by atoms with van der Waals surface area (Å²) in [6.07, 6.45) is 5.77. The van der Waals surface area contributed by atoms with E-state index in [-0.39, 0.29) is 0 Å². The van der Waals surface area contributed by atoms with Gasteiger partial charge < -0.3 is 0 Å². The van der Waals surface area contributed by atoms with Crippen molar-refractivity contribution >= 4 is 0 Å². The molecule has 1 nitrogen and oxygen atoms in total. The molecule has 0 amide bonds. The Morgan fingerprint density at radius 1 is 1.29 bits per heavy atom. The lowest BCUT2D eigenvalue weighted by Gasteiger charge is -2.26. The summed E-state index contributed by atoms with van der Waals surface area (Å²) >= 11 is 0. The van der Waals surface area contributed by atoms with Crippen molar-refractivity contribution in [2.45, 2.75) is 51.9 Å². The largest absolute Gasteiger partial charge is 0.260 e. The van der Waals surface area contributed by atoms with Gasteiger partial charge in [-0.25, -0.2) is 0 Å². The molecule has 1 heterocycles. The first-order valence-electron chi connectivity index (χ1n) is 5.71. The molecule has 1 heteroatoms. The van der Waals surface area contributed by atoms with Crippen LogP contribution in [0.3, 0.4) is 0 Å². The Hall–Kier alpha value is -0.850. The first kappa shape index (κ1) is 9.70. The van der Waals surface area contributed by atoms with Crippen LogP contribution in [0.1, 0.15) is 62.3 Å². The van der Waals surface area contributed by atoms with Gasteiger partial charge in [0, 0.05) is 11.9 Å². The van der Waals surface area contributed by atoms with Gasteiger partial charge in [-0.1, -0.05) is 26.8 Å². The fourth-order valence-corrected chi connectivity index (χ4v) is 2.33. The molecular weight excluding hydrogens is 170 g/mol. The molecule has 2 rings (SSSR count). The summed E-state index contributed by atoms with van der Waals surface area (Å²) in [6, 6.07) is 2.36. The van der Waals surface area contributed by atoms with E-state index in [1.165, 1.54) is 29.7 Å². The van der Waals surface area contributed by atoms with Gasteiger partial charge in [-0.05, 0) is 42.2 Å². The number of aryl methyl sites for hydroxylation is 1. The summed E-state index contributed by atoms with van der Waals surface area (Å²) in [5.74, 6) is 1.37. The Morgan fingerprint density at radius 3 is 2.71 bits per heavy atom. The molecule has 1 aliphatic carbocycles. The van der Waals surface area contributed by atoms with Crippen LogP contribution < -0.4 is 0 Å². The average molecular weight is 189 g/mol. The molecular formula is C13H19N. The molecule has 14 heavy (non-hydrogen) atoms. The molecule has 0 saturated heterocycles. The molecule has 0 saturated carbocycles. The molecule has 1 aliphatic rings. The molecule has 0 bridgehead atoms. The van der Waals surface area contributed by atoms with Gasteiger partial charge in [0.25, 0.3) is 0 Å². The lowest BCUT2D eigenvalue weighted by atomic mass is 9.81. The number of pyridine rings is 1. The monoisotopic (exact) mass is 189 g/mol. The fraction of sp³-hybridized carbons (Fsp3) is 0.615. The predicted octanol–water partition coefficient (Wildman–Crippen LogP) is 3.64. The molecule has 1 aromatic heterocycles. The second-order valence-corrected chi connectivity index (χ2v) is 4.55. The van der Waals surface area contributed by atoms with E-state index in [0.717, 1.165) is 6.42 Å². The first-order valence-corrected chi connectivity index (χ1v) is 5.71. The smallest absolute Gasteiger partial charge is 0.0466 e. The SMILES string of the molecule is CCc1cnc2c(c1)C(C)CCC2C. The Balaban J connectivity index is 2.45. The maximum absolute atomic E-state index is 4.62. The summed E-state index contributed by atoms with van der Waals surface area (Å²) < 4.78 is 0. The van der Waals surface area contributed by atoms with Crippen molar-refractivity contribution in [3.8, 4) is 0 Å². The summed E-state index contributed by atoms with van der Waals surface area (Å²) in [5.41, 5.74) is 4.23. The third-order valence-electron chi connectivity index (χ3n) is 3.44. The molecule has 2 unspecified atom stereocenters. The zero-order valence-corrected chi connectivity index (χ0v) is 9.38. The van der Waals surface area contributed by atoms with E-state index in [1.807, 2.05) is 6.20 Å². The number of rotatable bonds is 1. The highest BCUT2D eigenvalue weighted by Gasteiger charge is 2.22. The number of aromatic nitrogens is 1. The zero-order chi connectivity index (χ0) is 10.1. The molecule has 0 aromatic carbocycles. The molecule has 0 N–H and O–H groups in total. The van der Waals surface area contributed by atoms with Crippen LogP contribution in [0.15, 0.2) is 12.3 Å². The van der Waals surface area contributed by atoms with Crippen LogP contribution in [-0.4, -0.2) is 4.98 Å². The van der Waals surface area contributed by atoms with E-state index in [2.05, 4.69) is 31.8 Å². The minimum atomic E-state index is 0.659. The van der Waals surface area contributed by atoms with E-state index < -0.39 is 0 Å². The van der Waals surface area contributed by atoms with Gasteiger partial charge in [-0.3, -0.25) is 4.98 Å². The molecule has 1 aromatic rings. The highest BCUT2D eigenvalue weighted by molar-refractivity contribution is 5.32. The van der Waals surface area contributed by atoms with Crippen molar-refractivity contribution in [2.24, 2.45) is 0 Å². The van der Waals surface area contributed by atoms with Gasteiger partial charge in [-0.15, -0.1) is 0 Å². The predicted molar refractivity (Wildman–Crippen MR) is 59.7 cm³/mol. The molecule has 0 radical (unpaired) electrons. The van der Waals surface area contributed by atoms with Gasteiger partial charge in [0.05, 0.1) is 0 Å².